The largest absolute Gasteiger partial charge is 0.513 e. The molecule has 6 nitrogen and oxygen atoms in total. The van der Waals surface area contributed by atoms with E-state index >= 15 is 0 Å². The molecule has 0 radical (unpaired) electrons. The average Bonchev–Trinajstić information content (AvgIpc) is 2.69. The first-order valence-electron chi connectivity index (χ1n) is 10.5. The van der Waals surface area contributed by atoms with Gasteiger partial charge in [-0.25, -0.2) is 9.78 Å². The van der Waals surface area contributed by atoms with E-state index in [4.69, 9.17) is 26.4 Å². The van der Waals surface area contributed by atoms with Gasteiger partial charge in [0.05, 0.1) is 12.1 Å². The van der Waals surface area contributed by atoms with Gasteiger partial charge in [-0.3, -0.25) is 4.90 Å². The van der Waals surface area contributed by atoms with E-state index in [0.717, 1.165) is 51.5 Å². The first-order chi connectivity index (χ1) is 14.6. The van der Waals surface area contributed by atoms with Crippen LogP contribution in [0.2, 0.25) is 0 Å². The number of benzene rings is 1. The van der Waals surface area contributed by atoms with Gasteiger partial charge in [-0.15, -0.1) is 0 Å². The van der Waals surface area contributed by atoms with Crippen molar-refractivity contribution < 1.29 is 19.0 Å². The van der Waals surface area contributed by atoms with Gasteiger partial charge in [0.25, 0.3) is 0 Å². The third-order valence-electron chi connectivity index (χ3n) is 5.87. The maximum Gasteiger partial charge on any atom is 0.513 e. The molecule has 1 aliphatic rings. The molecule has 0 saturated heterocycles. The minimum atomic E-state index is -0.692. The number of pyridine rings is 1. The van der Waals surface area contributed by atoms with Crippen molar-refractivity contribution in [1.82, 2.24) is 4.98 Å². The number of carbonyl (C=O) groups is 1. The molecule has 0 fully saturated rings. The number of fused-ring (bicyclic) bond motifs is 1. The summed E-state index contributed by atoms with van der Waals surface area (Å²) in [6.07, 6.45) is 0.759. The Bertz CT molecular complexity index is 1020. The lowest BCUT2D eigenvalue weighted by atomic mass is 9.89. The van der Waals surface area contributed by atoms with Crippen LogP contribution in [0, 0.1) is 34.6 Å². The van der Waals surface area contributed by atoms with Crippen molar-refractivity contribution in [2.45, 2.75) is 67.0 Å². The summed E-state index contributed by atoms with van der Waals surface area (Å²) in [6, 6.07) is 4.05. The van der Waals surface area contributed by atoms with E-state index in [0.29, 0.717) is 12.2 Å². The van der Waals surface area contributed by atoms with Crippen LogP contribution in [0.5, 0.6) is 11.5 Å². The van der Waals surface area contributed by atoms with Gasteiger partial charge in [0.1, 0.15) is 17.3 Å². The summed E-state index contributed by atoms with van der Waals surface area (Å²) in [5.74, 6) is 2.13. The highest BCUT2D eigenvalue weighted by atomic mass is 32.1. The summed E-state index contributed by atoms with van der Waals surface area (Å²) < 4.78 is 17.1. The van der Waals surface area contributed by atoms with Crippen molar-refractivity contribution in [1.29, 1.82) is 0 Å². The maximum atomic E-state index is 11.9. The third-order valence-corrected chi connectivity index (χ3v) is 6.08. The van der Waals surface area contributed by atoms with Crippen LogP contribution in [0.1, 0.15) is 53.8 Å². The molecule has 2 aromatic rings. The van der Waals surface area contributed by atoms with Crippen LogP contribution in [0.15, 0.2) is 12.1 Å². The van der Waals surface area contributed by atoms with Gasteiger partial charge in [-0.1, -0.05) is 12.2 Å². The minimum Gasteiger partial charge on any atom is -0.467 e. The Morgan fingerprint density at radius 1 is 1.23 bits per heavy atom. The number of nitrogens with zero attached hydrogens (tertiary/aromatic N) is 2. The summed E-state index contributed by atoms with van der Waals surface area (Å²) in [5, 5.41) is 0. The van der Waals surface area contributed by atoms with E-state index in [1.165, 1.54) is 0 Å². The van der Waals surface area contributed by atoms with Crippen LogP contribution in [0.25, 0.3) is 0 Å². The summed E-state index contributed by atoms with van der Waals surface area (Å²) >= 11 is 5.38. The summed E-state index contributed by atoms with van der Waals surface area (Å²) in [5.41, 5.74) is 6.70. The number of anilines is 1. The molecule has 0 bridgehead atoms. The molecule has 1 aromatic carbocycles. The van der Waals surface area contributed by atoms with Gasteiger partial charge in [-0.2, -0.15) is 0 Å². The number of carbonyl (C=O) groups excluding carboxylic acids is 1. The highest BCUT2D eigenvalue weighted by molar-refractivity contribution is 7.79. The summed E-state index contributed by atoms with van der Waals surface area (Å²) in [6.45, 7) is 13.9. The quantitative estimate of drug-likeness (QED) is 0.336. The fourth-order valence-corrected chi connectivity index (χ4v) is 4.46. The van der Waals surface area contributed by atoms with Crippen molar-refractivity contribution in [3.05, 3.63) is 45.6 Å². The van der Waals surface area contributed by atoms with Crippen LogP contribution in [-0.4, -0.2) is 29.0 Å². The second-order valence-corrected chi connectivity index (χ2v) is 8.40. The van der Waals surface area contributed by atoms with Gasteiger partial charge in [0.2, 0.25) is 0 Å². The highest BCUT2D eigenvalue weighted by Gasteiger charge is 2.40. The molecule has 1 unspecified atom stereocenters. The van der Waals surface area contributed by atoms with Gasteiger partial charge < -0.3 is 14.2 Å². The molecule has 0 amide bonds. The number of thiocarbonyl (C=S) groups is 1. The third kappa shape index (κ3) is 4.37. The Labute approximate surface area is 189 Å². The van der Waals surface area contributed by atoms with Crippen LogP contribution < -0.4 is 14.4 Å². The van der Waals surface area contributed by atoms with E-state index in [1.54, 1.807) is 12.4 Å². The highest BCUT2D eigenvalue weighted by Crippen LogP contribution is 2.45. The Kier molecular flexibility index (Phi) is 6.55. The molecule has 1 aromatic heterocycles. The van der Waals surface area contributed by atoms with E-state index in [9.17, 15) is 4.79 Å². The fourth-order valence-electron chi connectivity index (χ4n) is 4.13. The predicted molar refractivity (Wildman–Crippen MR) is 126 cm³/mol. The zero-order valence-corrected chi connectivity index (χ0v) is 20.1. The Balaban J connectivity index is 2.02. The topological polar surface area (TPSA) is 60.9 Å². The van der Waals surface area contributed by atoms with Crippen LogP contribution >= 0.6 is 12.2 Å². The van der Waals surface area contributed by atoms with Crippen molar-refractivity contribution in [2.75, 3.05) is 11.5 Å². The molecule has 0 spiro atoms. The zero-order chi connectivity index (χ0) is 22.9. The molecule has 31 heavy (non-hydrogen) atoms. The average molecular weight is 443 g/mol. The van der Waals surface area contributed by atoms with Crippen molar-refractivity contribution in [3.8, 4) is 11.5 Å². The Morgan fingerprint density at radius 2 is 1.94 bits per heavy atom. The molecule has 1 aliphatic heterocycles. The predicted octanol–water partition coefficient (Wildman–Crippen LogP) is 5.66. The Morgan fingerprint density at radius 3 is 2.55 bits per heavy atom. The number of hydrogen-bond acceptors (Lipinski definition) is 6. The van der Waals surface area contributed by atoms with Gasteiger partial charge >= 0.3 is 6.16 Å². The lowest BCUT2D eigenvalue weighted by molar-refractivity contribution is 0.0733. The van der Waals surface area contributed by atoms with Crippen molar-refractivity contribution in [3.63, 3.8) is 0 Å². The molecule has 1 atom stereocenters. The first-order valence-corrected chi connectivity index (χ1v) is 10.9. The molecular weight excluding hydrogens is 412 g/mol. The Hall–Kier alpha value is -2.67. The molecule has 166 valence electrons. The lowest BCUT2D eigenvalue weighted by Gasteiger charge is -2.44. The number of hydrogen-bond donors (Lipinski definition) is 0. The molecule has 0 N–H and O–H groups in total. The normalized spacial score (nSPS) is 17.4. The number of aromatic nitrogens is 1. The fraction of sp³-hybridized carbons (Fsp3) is 0.458. The van der Waals surface area contributed by atoms with E-state index in [-0.39, 0.29) is 6.61 Å². The molecule has 3 rings (SSSR count). The van der Waals surface area contributed by atoms with Gasteiger partial charge in [0.15, 0.2) is 5.72 Å². The first kappa shape index (κ1) is 23.0. The van der Waals surface area contributed by atoms with Crippen LogP contribution in [-0.2, 0) is 11.2 Å². The smallest absolute Gasteiger partial charge is 0.467 e. The number of aryl methyl sites for hydroxylation is 2. The molecular formula is C24H30N2O4S. The van der Waals surface area contributed by atoms with E-state index in [1.807, 2.05) is 58.6 Å². The van der Waals surface area contributed by atoms with Crippen molar-refractivity contribution in [2.24, 2.45) is 0 Å². The van der Waals surface area contributed by atoms with Gasteiger partial charge in [-0.05, 0) is 89.3 Å². The number of rotatable bonds is 5. The molecule has 7 heteroatoms. The monoisotopic (exact) mass is 442 g/mol. The second kappa shape index (κ2) is 8.83. The standard InChI is InChI=1S/C24H30N2O4S/c1-8-28-23(27)29-21-16(4)17(5)22-19(18(21)6)9-10-24(7,30-22)26(13-31)20-12-14(2)11-15(3)25-20/h11-13H,8-10H2,1-7H3. The van der Waals surface area contributed by atoms with E-state index in [2.05, 4.69) is 4.98 Å². The van der Waals surface area contributed by atoms with E-state index < -0.39 is 11.9 Å². The van der Waals surface area contributed by atoms with Crippen LogP contribution in [0.4, 0.5) is 10.6 Å². The molecule has 2 heterocycles. The zero-order valence-electron chi connectivity index (χ0n) is 19.3. The lowest BCUT2D eigenvalue weighted by Crippen LogP contribution is -2.53. The SMILES string of the molecule is CCOC(=O)Oc1c(C)c(C)c2c(c1C)CCC(C)(N(C=S)c1cc(C)cc(C)n1)O2. The summed E-state index contributed by atoms with van der Waals surface area (Å²) in [4.78, 5) is 18.5. The van der Waals surface area contributed by atoms with Crippen LogP contribution in [0.3, 0.4) is 0 Å². The second-order valence-electron chi connectivity index (χ2n) is 8.19. The maximum absolute atomic E-state index is 11.9. The van der Waals surface area contributed by atoms with Crippen molar-refractivity contribution >= 4 is 29.7 Å². The summed E-state index contributed by atoms with van der Waals surface area (Å²) in [7, 11) is 0. The minimum absolute atomic E-state index is 0.266. The van der Waals surface area contributed by atoms with Gasteiger partial charge in [0, 0.05) is 17.7 Å². The molecule has 0 saturated carbocycles. The number of ether oxygens (including phenoxy) is 3. The molecule has 0 aliphatic carbocycles.